The van der Waals surface area contributed by atoms with Crippen molar-refractivity contribution in [2.45, 2.75) is 6.92 Å². The van der Waals surface area contributed by atoms with E-state index in [2.05, 4.69) is 0 Å². The fourth-order valence-corrected chi connectivity index (χ4v) is 0.962. The Morgan fingerprint density at radius 2 is 2.36 bits per heavy atom. The molecule has 0 aliphatic carbocycles. The molecule has 62 valence electrons. The minimum Gasteiger partial charge on any atom is -0.465 e. The molecule has 0 bridgehead atoms. The van der Waals surface area contributed by atoms with Crippen molar-refractivity contribution in [1.29, 1.82) is 0 Å². The van der Waals surface area contributed by atoms with Gasteiger partial charge in [-0.2, -0.15) is 0 Å². The zero-order valence-corrected chi connectivity index (χ0v) is 6.74. The Balaban J connectivity index is 2.62. The van der Waals surface area contributed by atoms with Crippen LogP contribution in [-0.2, 0) is 0 Å². The highest BCUT2D eigenvalue weighted by Crippen LogP contribution is 2.08. The Morgan fingerprint density at radius 1 is 1.73 bits per heavy atom. The van der Waals surface area contributed by atoms with Gasteiger partial charge in [0, 0.05) is 19.3 Å². The van der Waals surface area contributed by atoms with Crippen LogP contribution >= 0.6 is 0 Å². The molecule has 4 heteroatoms. The van der Waals surface area contributed by atoms with E-state index < -0.39 is 6.09 Å². The molecule has 1 amide bonds. The fourth-order valence-electron chi connectivity index (χ4n) is 0.962. The molecule has 4 nitrogen and oxygen atoms in total. The second kappa shape index (κ2) is 2.82. The maximum atomic E-state index is 10.5. The standard InChI is InChI=1S/C7H12N2O2/c1-6-3-4-9(7(10)11)5-8(6)2/h3H,4-5H2,1-2H3,(H,10,11). The number of rotatable bonds is 0. The molecule has 0 fully saturated rings. The van der Waals surface area contributed by atoms with Gasteiger partial charge in [-0.1, -0.05) is 0 Å². The molecule has 1 aliphatic rings. The molecule has 1 aliphatic heterocycles. The summed E-state index contributed by atoms with van der Waals surface area (Å²) in [5.74, 6) is 0. The van der Waals surface area contributed by atoms with E-state index >= 15 is 0 Å². The van der Waals surface area contributed by atoms with Crippen molar-refractivity contribution < 1.29 is 9.90 Å². The second-order valence-electron chi connectivity index (χ2n) is 2.69. The van der Waals surface area contributed by atoms with Crippen molar-refractivity contribution in [3.05, 3.63) is 11.8 Å². The summed E-state index contributed by atoms with van der Waals surface area (Å²) >= 11 is 0. The lowest BCUT2D eigenvalue weighted by Crippen LogP contribution is -2.41. The van der Waals surface area contributed by atoms with Gasteiger partial charge in [0.2, 0.25) is 0 Å². The molecule has 1 rings (SSSR count). The third kappa shape index (κ3) is 1.63. The number of hydrogen-bond donors (Lipinski definition) is 1. The van der Waals surface area contributed by atoms with Crippen LogP contribution in [0.25, 0.3) is 0 Å². The number of hydrogen-bond acceptors (Lipinski definition) is 2. The van der Waals surface area contributed by atoms with Crippen molar-refractivity contribution in [3.8, 4) is 0 Å². The third-order valence-electron chi connectivity index (χ3n) is 1.86. The van der Waals surface area contributed by atoms with Gasteiger partial charge in [0.15, 0.2) is 0 Å². The molecule has 0 saturated carbocycles. The van der Waals surface area contributed by atoms with E-state index in [1.54, 1.807) is 0 Å². The first-order valence-corrected chi connectivity index (χ1v) is 3.47. The van der Waals surface area contributed by atoms with Crippen LogP contribution in [0.1, 0.15) is 6.92 Å². The lowest BCUT2D eigenvalue weighted by atomic mass is 10.3. The van der Waals surface area contributed by atoms with Gasteiger partial charge in [-0.25, -0.2) is 4.79 Å². The summed E-state index contributed by atoms with van der Waals surface area (Å²) < 4.78 is 0. The van der Waals surface area contributed by atoms with Crippen LogP contribution < -0.4 is 0 Å². The van der Waals surface area contributed by atoms with E-state index in [-0.39, 0.29) is 0 Å². The zero-order valence-electron chi connectivity index (χ0n) is 6.74. The fraction of sp³-hybridized carbons (Fsp3) is 0.571. The van der Waals surface area contributed by atoms with Gasteiger partial charge in [-0.3, -0.25) is 4.90 Å². The summed E-state index contributed by atoms with van der Waals surface area (Å²) in [5, 5.41) is 8.61. The van der Waals surface area contributed by atoms with Gasteiger partial charge < -0.3 is 10.0 Å². The molecule has 0 aromatic heterocycles. The molecule has 0 unspecified atom stereocenters. The Hall–Kier alpha value is -1.19. The van der Waals surface area contributed by atoms with Crippen molar-refractivity contribution in [2.75, 3.05) is 20.3 Å². The summed E-state index contributed by atoms with van der Waals surface area (Å²) in [4.78, 5) is 13.7. The molecular formula is C7H12N2O2. The van der Waals surface area contributed by atoms with E-state index in [0.717, 1.165) is 5.70 Å². The quantitative estimate of drug-likeness (QED) is 0.563. The normalized spacial score (nSPS) is 18.2. The molecule has 0 radical (unpaired) electrons. The van der Waals surface area contributed by atoms with Crippen LogP contribution in [0.15, 0.2) is 11.8 Å². The number of carboxylic acid groups (broad SMARTS) is 1. The summed E-state index contributed by atoms with van der Waals surface area (Å²) in [6.07, 6.45) is 1.04. The molecule has 0 spiro atoms. The summed E-state index contributed by atoms with van der Waals surface area (Å²) in [6, 6.07) is 0. The van der Waals surface area contributed by atoms with Crippen LogP contribution in [0.3, 0.4) is 0 Å². The molecular weight excluding hydrogens is 144 g/mol. The predicted molar refractivity (Wildman–Crippen MR) is 41.1 cm³/mol. The van der Waals surface area contributed by atoms with Crippen LogP contribution in [0.5, 0.6) is 0 Å². The highest BCUT2D eigenvalue weighted by molar-refractivity contribution is 5.65. The first-order chi connectivity index (χ1) is 5.11. The molecule has 0 saturated heterocycles. The number of carbonyl (C=O) groups is 1. The Bertz CT molecular complexity index is 201. The second-order valence-corrected chi connectivity index (χ2v) is 2.69. The topological polar surface area (TPSA) is 43.8 Å². The minimum absolute atomic E-state index is 0.470. The SMILES string of the molecule is CC1=CCN(C(=O)O)CN1C. The molecule has 0 atom stereocenters. The van der Waals surface area contributed by atoms with Crippen LogP contribution in [0.4, 0.5) is 4.79 Å². The summed E-state index contributed by atoms with van der Waals surface area (Å²) in [7, 11) is 1.88. The van der Waals surface area contributed by atoms with E-state index in [1.807, 2.05) is 24.9 Å². The van der Waals surface area contributed by atoms with E-state index in [1.165, 1.54) is 4.90 Å². The number of amides is 1. The monoisotopic (exact) mass is 156 g/mol. The van der Waals surface area contributed by atoms with Crippen molar-refractivity contribution in [1.82, 2.24) is 9.80 Å². The van der Waals surface area contributed by atoms with Gasteiger partial charge >= 0.3 is 6.09 Å². The zero-order chi connectivity index (χ0) is 8.43. The van der Waals surface area contributed by atoms with Gasteiger partial charge in [0.05, 0.1) is 6.67 Å². The minimum atomic E-state index is -0.861. The van der Waals surface area contributed by atoms with Crippen molar-refractivity contribution in [2.24, 2.45) is 0 Å². The smallest absolute Gasteiger partial charge is 0.409 e. The maximum absolute atomic E-state index is 10.5. The summed E-state index contributed by atoms with van der Waals surface area (Å²) in [6.45, 7) is 2.95. The van der Waals surface area contributed by atoms with Gasteiger partial charge in [-0.15, -0.1) is 0 Å². The molecule has 1 N–H and O–H groups in total. The molecule has 1 heterocycles. The highest BCUT2D eigenvalue weighted by Gasteiger charge is 2.16. The summed E-state index contributed by atoms with van der Waals surface area (Å²) in [5.41, 5.74) is 1.13. The molecule has 11 heavy (non-hydrogen) atoms. The average Bonchev–Trinajstić information content (AvgIpc) is 1.94. The van der Waals surface area contributed by atoms with Crippen molar-refractivity contribution >= 4 is 6.09 Å². The van der Waals surface area contributed by atoms with E-state index in [9.17, 15) is 4.79 Å². The van der Waals surface area contributed by atoms with Crippen LogP contribution in [-0.4, -0.2) is 41.3 Å². The molecule has 0 aromatic carbocycles. The third-order valence-corrected chi connectivity index (χ3v) is 1.86. The van der Waals surface area contributed by atoms with Crippen molar-refractivity contribution in [3.63, 3.8) is 0 Å². The van der Waals surface area contributed by atoms with Crippen LogP contribution in [0.2, 0.25) is 0 Å². The number of allylic oxidation sites excluding steroid dienone is 1. The Labute approximate surface area is 65.7 Å². The number of nitrogens with zero attached hydrogens (tertiary/aromatic N) is 2. The largest absolute Gasteiger partial charge is 0.465 e. The first-order valence-electron chi connectivity index (χ1n) is 3.47. The van der Waals surface area contributed by atoms with Gasteiger partial charge in [-0.05, 0) is 13.0 Å². The molecule has 0 aromatic rings. The lowest BCUT2D eigenvalue weighted by Gasteiger charge is -2.31. The average molecular weight is 156 g/mol. The highest BCUT2D eigenvalue weighted by atomic mass is 16.4. The maximum Gasteiger partial charge on any atom is 0.409 e. The predicted octanol–water partition coefficient (Wildman–Crippen LogP) is 0.773. The van der Waals surface area contributed by atoms with Gasteiger partial charge in [0.25, 0.3) is 0 Å². The lowest BCUT2D eigenvalue weighted by molar-refractivity contribution is 0.122. The Morgan fingerprint density at radius 3 is 2.82 bits per heavy atom. The van der Waals surface area contributed by atoms with Crippen LogP contribution in [0, 0.1) is 0 Å². The van der Waals surface area contributed by atoms with E-state index in [0.29, 0.717) is 13.2 Å². The Kier molecular flexibility index (Phi) is 2.03. The van der Waals surface area contributed by atoms with E-state index in [4.69, 9.17) is 5.11 Å². The first kappa shape index (κ1) is 7.91. The van der Waals surface area contributed by atoms with Gasteiger partial charge in [0.1, 0.15) is 0 Å².